The van der Waals surface area contributed by atoms with Gasteiger partial charge in [0, 0.05) is 7.11 Å². The van der Waals surface area contributed by atoms with E-state index in [0.29, 0.717) is 0 Å². The van der Waals surface area contributed by atoms with Crippen molar-refractivity contribution in [1.82, 2.24) is 0 Å². The summed E-state index contributed by atoms with van der Waals surface area (Å²) in [6.45, 7) is 0.186. The summed E-state index contributed by atoms with van der Waals surface area (Å²) in [5.41, 5.74) is 2.02. The van der Waals surface area contributed by atoms with Crippen molar-refractivity contribution in [1.29, 1.82) is 0 Å². The number of fused-ring (bicyclic) bond motifs is 1. The molecule has 0 bridgehead atoms. The highest BCUT2D eigenvalue weighted by molar-refractivity contribution is 7.86. The second-order valence-electron chi connectivity index (χ2n) is 8.70. The van der Waals surface area contributed by atoms with Gasteiger partial charge in [-0.3, -0.25) is 4.18 Å². The number of epoxide rings is 1. The maximum absolute atomic E-state index is 11.7. The highest BCUT2D eigenvalue weighted by Gasteiger charge is 2.60. The third-order valence-electron chi connectivity index (χ3n) is 6.35. The SMILES string of the molecule is CO[C@H]1O[C@H](COC(c2ccccc2)(c2ccccc2)c2ccccc2)[C@H]2O[C@H]2[C@@H]1OS(C)(=O)=O. The number of hydrogen-bond acceptors (Lipinski definition) is 7. The van der Waals surface area contributed by atoms with Crippen molar-refractivity contribution in [3.63, 3.8) is 0 Å². The molecule has 5 rings (SSSR count). The molecular weight excluding hydrogens is 468 g/mol. The number of hydrogen-bond donors (Lipinski definition) is 0. The molecule has 0 aliphatic carbocycles. The fourth-order valence-electron chi connectivity index (χ4n) is 4.78. The Morgan fingerprint density at radius 2 is 1.26 bits per heavy atom. The summed E-state index contributed by atoms with van der Waals surface area (Å²) in [4.78, 5) is 0. The van der Waals surface area contributed by atoms with Crippen LogP contribution in [0.3, 0.4) is 0 Å². The molecule has 2 aliphatic rings. The van der Waals surface area contributed by atoms with E-state index in [1.165, 1.54) is 7.11 Å². The van der Waals surface area contributed by atoms with E-state index >= 15 is 0 Å². The molecule has 5 atom stereocenters. The number of benzene rings is 3. The van der Waals surface area contributed by atoms with Crippen molar-refractivity contribution in [2.24, 2.45) is 0 Å². The first kappa shape index (κ1) is 24.1. The number of rotatable bonds is 9. The average molecular weight is 497 g/mol. The monoisotopic (exact) mass is 496 g/mol. The Balaban J connectivity index is 1.48. The predicted molar refractivity (Wildman–Crippen MR) is 129 cm³/mol. The van der Waals surface area contributed by atoms with E-state index in [0.717, 1.165) is 22.9 Å². The normalized spacial score (nSPS) is 26.2. The Morgan fingerprint density at radius 3 is 1.69 bits per heavy atom. The fourth-order valence-corrected chi connectivity index (χ4v) is 5.39. The van der Waals surface area contributed by atoms with Gasteiger partial charge in [-0.1, -0.05) is 91.0 Å². The van der Waals surface area contributed by atoms with Gasteiger partial charge < -0.3 is 18.9 Å². The summed E-state index contributed by atoms with van der Waals surface area (Å²) in [6, 6.07) is 30.2. The van der Waals surface area contributed by atoms with Gasteiger partial charge in [-0.05, 0) is 16.7 Å². The molecule has 3 aromatic carbocycles. The van der Waals surface area contributed by atoms with Crippen LogP contribution in [0.4, 0.5) is 0 Å². The topological polar surface area (TPSA) is 83.6 Å². The summed E-state index contributed by atoms with van der Waals surface area (Å²) in [5.74, 6) is 0. The lowest BCUT2D eigenvalue weighted by molar-refractivity contribution is -0.224. The first-order chi connectivity index (χ1) is 16.9. The molecule has 2 aliphatic heterocycles. The van der Waals surface area contributed by atoms with E-state index in [4.69, 9.17) is 23.1 Å². The van der Waals surface area contributed by atoms with Crippen LogP contribution in [0, 0.1) is 0 Å². The van der Waals surface area contributed by atoms with Gasteiger partial charge in [-0.15, -0.1) is 0 Å². The largest absolute Gasteiger partial charge is 0.364 e. The molecule has 0 amide bonds. The predicted octanol–water partition coefficient (Wildman–Crippen LogP) is 3.48. The van der Waals surface area contributed by atoms with Gasteiger partial charge in [0.05, 0.1) is 12.9 Å². The minimum Gasteiger partial charge on any atom is -0.364 e. The quantitative estimate of drug-likeness (QED) is 0.255. The first-order valence-electron chi connectivity index (χ1n) is 11.4. The van der Waals surface area contributed by atoms with Gasteiger partial charge in [0.1, 0.15) is 23.9 Å². The molecule has 0 aromatic heterocycles. The van der Waals surface area contributed by atoms with E-state index in [9.17, 15) is 8.42 Å². The Morgan fingerprint density at radius 1 is 0.771 bits per heavy atom. The zero-order valence-electron chi connectivity index (χ0n) is 19.5. The lowest BCUT2D eigenvalue weighted by Gasteiger charge is -2.38. The van der Waals surface area contributed by atoms with Crippen LogP contribution in [0.5, 0.6) is 0 Å². The second kappa shape index (κ2) is 9.81. The molecule has 35 heavy (non-hydrogen) atoms. The third-order valence-corrected chi connectivity index (χ3v) is 6.92. The Hall–Kier alpha value is -2.59. The molecule has 184 valence electrons. The minimum absolute atomic E-state index is 0.186. The summed E-state index contributed by atoms with van der Waals surface area (Å²) in [5, 5.41) is 0. The summed E-state index contributed by atoms with van der Waals surface area (Å²) in [6.07, 6.45) is -2.04. The molecule has 2 heterocycles. The van der Waals surface area contributed by atoms with Crippen molar-refractivity contribution in [2.45, 2.75) is 36.3 Å². The van der Waals surface area contributed by atoms with Crippen molar-refractivity contribution in [3.8, 4) is 0 Å². The zero-order chi connectivity index (χ0) is 24.5. The number of ether oxygens (including phenoxy) is 4. The molecular formula is C27H28O7S. The first-order valence-corrected chi connectivity index (χ1v) is 13.3. The van der Waals surface area contributed by atoms with E-state index in [-0.39, 0.29) is 12.7 Å². The zero-order valence-corrected chi connectivity index (χ0v) is 20.3. The molecule has 0 saturated carbocycles. The van der Waals surface area contributed by atoms with Crippen LogP contribution >= 0.6 is 0 Å². The standard InChI is InChI=1S/C27H28O7S/c1-30-26-25(34-35(2,28)29)24-23(33-24)22(32-26)18-31-27(19-12-6-3-7-13-19,20-14-8-4-9-15-20)21-16-10-5-11-17-21/h3-17,22-26H,18H2,1-2H3/t22-,23-,24-,25+,26+/m1/s1. The van der Waals surface area contributed by atoms with Gasteiger partial charge in [-0.2, -0.15) is 8.42 Å². The highest BCUT2D eigenvalue weighted by atomic mass is 32.2. The molecule has 0 N–H and O–H groups in total. The summed E-state index contributed by atoms with van der Waals surface area (Å²) < 4.78 is 52.8. The van der Waals surface area contributed by atoms with E-state index in [1.807, 2.05) is 91.0 Å². The molecule has 0 spiro atoms. The lowest BCUT2D eigenvalue weighted by Crippen LogP contribution is -2.50. The van der Waals surface area contributed by atoms with Crippen molar-refractivity contribution < 1.29 is 31.5 Å². The van der Waals surface area contributed by atoms with Gasteiger partial charge in [-0.25, -0.2) is 0 Å². The molecule has 2 saturated heterocycles. The van der Waals surface area contributed by atoms with Crippen molar-refractivity contribution >= 4 is 10.1 Å². The third kappa shape index (κ3) is 4.91. The Labute approximate surface area is 205 Å². The van der Waals surface area contributed by atoms with Crippen LogP contribution in [-0.4, -0.2) is 59.1 Å². The molecule has 7 nitrogen and oxygen atoms in total. The van der Waals surface area contributed by atoms with E-state index in [1.54, 1.807) is 0 Å². The van der Waals surface area contributed by atoms with Crippen LogP contribution in [0.2, 0.25) is 0 Å². The van der Waals surface area contributed by atoms with Gasteiger partial charge in [0.2, 0.25) is 0 Å². The van der Waals surface area contributed by atoms with Crippen LogP contribution in [-0.2, 0) is 38.8 Å². The van der Waals surface area contributed by atoms with E-state index in [2.05, 4.69) is 0 Å². The number of methoxy groups -OCH3 is 1. The minimum atomic E-state index is -3.71. The molecule has 2 fully saturated rings. The van der Waals surface area contributed by atoms with Crippen molar-refractivity contribution in [2.75, 3.05) is 20.0 Å². The smallest absolute Gasteiger partial charge is 0.264 e. The summed E-state index contributed by atoms with van der Waals surface area (Å²) >= 11 is 0. The van der Waals surface area contributed by atoms with Crippen LogP contribution in [0.25, 0.3) is 0 Å². The molecule has 8 heteroatoms. The summed E-state index contributed by atoms with van der Waals surface area (Å²) in [7, 11) is -2.25. The highest BCUT2D eigenvalue weighted by Crippen LogP contribution is 2.44. The Bertz CT molecular complexity index is 1120. The van der Waals surface area contributed by atoms with Crippen LogP contribution < -0.4 is 0 Å². The Kier molecular flexibility index (Phi) is 6.76. The molecule has 3 aromatic rings. The molecule has 0 radical (unpaired) electrons. The second-order valence-corrected chi connectivity index (χ2v) is 10.3. The van der Waals surface area contributed by atoms with Gasteiger partial charge in [0.15, 0.2) is 12.4 Å². The van der Waals surface area contributed by atoms with E-state index < -0.39 is 40.3 Å². The van der Waals surface area contributed by atoms with Gasteiger partial charge >= 0.3 is 0 Å². The maximum atomic E-state index is 11.7. The van der Waals surface area contributed by atoms with Gasteiger partial charge in [0.25, 0.3) is 10.1 Å². The fraction of sp³-hybridized carbons (Fsp3) is 0.333. The lowest BCUT2D eigenvalue weighted by atomic mass is 9.80. The van der Waals surface area contributed by atoms with Crippen LogP contribution in [0.15, 0.2) is 91.0 Å². The molecule has 0 unspecified atom stereocenters. The van der Waals surface area contributed by atoms with Crippen LogP contribution in [0.1, 0.15) is 16.7 Å². The average Bonchev–Trinajstić information content (AvgIpc) is 3.68. The maximum Gasteiger partial charge on any atom is 0.264 e. The van der Waals surface area contributed by atoms with Crippen molar-refractivity contribution in [3.05, 3.63) is 108 Å².